The Kier molecular flexibility index (Phi) is 2.99. The summed E-state index contributed by atoms with van der Waals surface area (Å²) in [5.41, 5.74) is 5.47. The summed E-state index contributed by atoms with van der Waals surface area (Å²) < 4.78 is 10.9. The third-order valence-electron chi connectivity index (χ3n) is 2.76. The standard InChI is InChI=1S/C11H19N3O2/c1-11(2,3)10-13-9(16-14-10)8-5-4-7(6-12)15-8/h7-8H,4-6,12H2,1-3H3/t7-,8-/m1/s1. The summed E-state index contributed by atoms with van der Waals surface area (Å²) in [5.74, 6) is 1.31. The van der Waals surface area contributed by atoms with Crippen molar-refractivity contribution in [3.8, 4) is 0 Å². The summed E-state index contributed by atoms with van der Waals surface area (Å²) in [6.07, 6.45) is 1.94. The summed E-state index contributed by atoms with van der Waals surface area (Å²) >= 11 is 0. The van der Waals surface area contributed by atoms with Gasteiger partial charge in [-0.3, -0.25) is 0 Å². The van der Waals surface area contributed by atoms with Gasteiger partial charge < -0.3 is 15.0 Å². The van der Waals surface area contributed by atoms with Crippen LogP contribution in [0.2, 0.25) is 0 Å². The molecule has 2 rings (SSSR count). The quantitative estimate of drug-likeness (QED) is 0.826. The average Bonchev–Trinajstić information content (AvgIpc) is 2.85. The van der Waals surface area contributed by atoms with Gasteiger partial charge in [0, 0.05) is 12.0 Å². The zero-order chi connectivity index (χ0) is 11.8. The Bertz CT molecular complexity index is 356. The van der Waals surface area contributed by atoms with Crippen LogP contribution in [0.4, 0.5) is 0 Å². The van der Waals surface area contributed by atoms with Crippen LogP contribution in [0.1, 0.15) is 51.4 Å². The predicted octanol–water partition coefficient (Wildman–Crippen LogP) is 1.55. The van der Waals surface area contributed by atoms with Gasteiger partial charge in [0.15, 0.2) is 5.82 Å². The van der Waals surface area contributed by atoms with Crippen LogP contribution in [-0.2, 0) is 10.2 Å². The van der Waals surface area contributed by atoms with E-state index in [1.54, 1.807) is 0 Å². The van der Waals surface area contributed by atoms with Crippen molar-refractivity contribution < 1.29 is 9.26 Å². The number of aromatic nitrogens is 2. The highest BCUT2D eigenvalue weighted by Gasteiger charge is 2.31. The maximum absolute atomic E-state index is 5.70. The molecule has 2 heterocycles. The first-order chi connectivity index (χ1) is 7.50. The zero-order valence-electron chi connectivity index (χ0n) is 10.1. The molecule has 1 fully saturated rings. The Morgan fingerprint density at radius 2 is 2.12 bits per heavy atom. The lowest BCUT2D eigenvalue weighted by Gasteiger charge is -2.11. The molecular weight excluding hydrogens is 206 g/mol. The molecule has 1 saturated heterocycles. The molecule has 0 radical (unpaired) electrons. The first-order valence-electron chi connectivity index (χ1n) is 5.70. The van der Waals surface area contributed by atoms with E-state index < -0.39 is 0 Å². The molecule has 0 aliphatic carbocycles. The van der Waals surface area contributed by atoms with E-state index in [-0.39, 0.29) is 17.6 Å². The molecule has 1 aromatic rings. The fourth-order valence-electron chi connectivity index (χ4n) is 1.73. The summed E-state index contributed by atoms with van der Waals surface area (Å²) in [6.45, 7) is 6.72. The van der Waals surface area contributed by atoms with E-state index in [1.165, 1.54) is 0 Å². The highest BCUT2D eigenvalue weighted by Crippen LogP contribution is 2.32. The summed E-state index contributed by atoms with van der Waals surface area (Å²) in [6, 6.07) is 0. The maximum Gasteiger partial charge on any atom is 0.255 e. The van der Waals surface area contributed by atoms with Gasteiger partial charge in [0.1, 0.15) is 6.10 Å². The SMILES string of the molecule is CC(C)(C)c1noc([C@H]2CC[C@H](CN)O2)n1. The van der Waals surface area contributed by atoms with Crippen molar-refractivity contribution >= 4 is 0 Å². The van der Waals surface area contributed by atoms with E-state index in [9.17, 15) is 0 Å². The Labute approximate surface area is 95.3 Å². The van der Waals surface area contributed by atoms with Crippen molar-refractivity contribution in [2.75, 3.05) is 6.54 Å². The third kappa shape index (κ3) is 2.25. The van der Waals surface area contributed by atoms with Crippen molar-refractivity contribution in [2.24, 2.45) is 5.73 Å². The van der Waals surface area contributed by atoms with Gasteiger partial charge in [-0.2, -0.15) is 4.98 Å². The van der Waals surface area contributed by atoms with Crippen LogP contribution in [0.5, 0.6) is 0 Å². The van der Waals surface area contributed by atoms with E-state index >= 15 is 0 Å². The van der Waals surface area contributed by atoms with Crippen LogP contribution < -0.4 is 5.73 Å². The molecule has 0 bridgehead atoms. The lowest BCUT2D eigenvalue weighted by Crippen LogP contribution is -2.19. The number of ether oxygens (including phenoxy) is 1. The van der Waals surface area contributed by atoms with E-state index in [0.29, 0.717) is 12.4 Å². The minimum absolute atomic E-state index is 0.0721. The van der Waals surface area contributed by atoms with Crippen LogP contribution in [0.15, 0.2) is 4.52 Å². The van der Waals surface area contributed by atoms with E-state index in [4.69, 9.17) is 15.0 Å². The van der Waals surface area contributed by atoms with Gasteiger partial charge in [-0.15, -0.1) is 0 Å². The number of nitrogens with two attached hydrogens (primary N) is 1. The van der Waals surface area contributed by atoms with Gasteiger partial charge in [-0.25, -0.2) is 0 Å². The maximum atomic E-state index is 5.70. The molecule has 0 unspecified atom stereocenters. The summed E-state index contributed by atoms with van der Waals surface area (Å²) in [4.78, 5) is 4.39. The van der Waals surface area contributed by atoms with Crippen molar-refractivity contribution in [1.82, 2.24) is 10.1 Å². The molecule has 5 heteroatoms. The van der Waals surface area contributed by atoms with Crippen LogP contribution in [-0.4, -0.2) is 22.8 Å². The zero-order valence-corrected chi connectivity index (χ0v) is 10.1. The van der Waals surface area contributed by atoms with Crippen molar-refractivity contribution in [3.63, 3.8) is 0 Å². The molecule has 1 aliphatic rings. The molecule has 0 spiro atoms. The second-order valence-corrected chi connectivity index (χ2v) is 5.27. The van der Waals surface area contributed by atoms with Crippen molar-refractivity contribution in [3.05, 3.63) is 11.7 Å². The van der Waals surface area contributed by atoms with Gasteiger partial charge in [0.25, 0.3) is 5.89 Å². The Morgan fingerprint density at radius 3 is 2.62 bits per heavy atom. The van der Waals surface area contributed by atoms with Crippen molar-refractivity contribution in [1.29, 1.82) is 0 Å². The molecule has 1 aliphatic heterocycles. The number of hydrogen-bond acceptors (Lipinski definition) is 5. The minimum atomic E-state index is -0.0897. The molecule has 16 heavy (non-hydrogen) atoms. The highest BCUT2D eigenvalue weighted by molar-refractivity contribution is 5.02. The topological polar surface area (TPSA) is 74.2 Å². The molecule has 0 amide bonds. The Balaban J connectivity index is 2.08. The fraction of sp³-hybridized carbons (Fsp3) is 0.818. The summed E-state index contributed by atoms with van der Waals surface area (Å²) in [5, 5.41) is 3.99. The Hall–Kier alpha value is -0.940. The first kappa shape index (κ1) is 11.5. The minimum Gasteiger partial charge on any atom is -0.364 e. The van der Waals surface area contributed by atoms with Crippen LogP contribution >= 0.6 is 0 Å². The highest BCUT2D eigenvalue weighted by atomic mass is 16.5. The second kappa shape index (κ2) is 4.14. The molecule has 0 saturated carbocycles. The van der Waals surface area contributed by atoms with E-state index in [2.05, 4.69) is 30.9 Å². The van der Waals surface area contributed by atoms with Gasteiger partial charge in [-0.05, 0) is 12.8 Å². The Morgan fingerprint density at radius 1 is 1.38 bits per heavy atom. The first-order valence-corrected chi connectivity index (χ1v) is 5.70. The van der Waals surface area contributed by atoms with Crippen LogP contribution in [0.3, 0.4) is 0 Å². The summed E-state index contributed by atoms with van der Waals surface area (Å²) in [7, 11) is 0. The molecule has 5 nitrogen and oxygen atoms in total. The number of rotatable bonds is 2. The van der Waals surface area contributed by atoms with Gasteiger partial charge in [0.2, 0.25) is 0 Å². The lowest BCUT2D eigenvalue weighted by atomic mass is 9.96. The smallest absolute Gasteiger partial charge is 0.255 e. The monoisotopic (exact) mass is 225 g/mol. The average molecular weight is 225 g/mol. The molecule has 2 atom stereocenters. The van der Waals surface area contributed by atoms with E-state index in [0.717, 1.165) is 18.7 Å². The van der Waals surface area contributed by atoms with Gasteiger partial charge in [0.05, 0.1) is 6.10 Å². The van der Waals surface area contributed by atoms with Gasteiger partial charge >= 0.3 is 0 Å². The van der Waals surface area contributed by atoms with E-state index in [1.807, 2.05) is 0 Å². The van der Waals surface area contributed by atoms with Crippen LogP contribution in [0, 0.1) is 0 Å². The normalized spacial score (nSPS) is 26.2. The lowest BCUT2D eigenvalue weighted by molar-refractivity contribution is 0.0307. The molecular formula is C11H19N3O2. The van der Waals surface area contributed by atoms with Crippen LogP contribution in [0.25, 0.3) is 0 Å². The fourth-order valence-corrected chi connectivity index (χ4v) is 1.73. The number of hydrogen-bond donors (Lipinski definition) is 1. The third-order valence-corrected chi connectivity index (χ3v) is 2.76. The largest absolute Gasteiger partial charge is 0.364 e. The molecule has 90 valence electrons. The van der Waals surface area contributed by atoms with Gasteiger partial charge in [-0.1, -0.05) is 25.9 Å². The molecule has 0 aromatic carbocycles. The number of nitrogens with zero attached hydrogens (tertiary/aromatic N) is 2. The predicted molar refractivity (Wildman–Crippen MR) is 58.9 cm³/mol. The second-order valence-electron chi connectivity index (χ2n) is 5.27. The van der Waals surface area contributed by atoms with Crippen molar-refractivity contribution in [2.45, 2.75) is 51.2 Å². The molecule has 2 N–H and O–H groups in total. The molecule has 1 aromatic heterocycles.